The number of rotatable bonds is 4. The highest BCUT2D eigenvalue weighted by atomic mass is 79.9. The van der Waals surface area contributed by atoms with E-state index >= 15 is 0 Å². The minimum absolute atomic E-state index is 0.205. The molecule has 0 aliphatic heterocycles. The Balaban J connectivity index is 2.49. The van der Waals surface area contributed by atoms with Crippen molar-refractivity contribution in [3.05, 3.63) is 58.3 Å². The Bertz CT molecular complexity index is 744. The van der Waals surface area contributed by atoms with Crippen LogP contribution in [0.5, 0.6) is 0 Å². The molecule has 0 radical (unpaired) electrons. The Morgan fingerprint density at radius 1 is 1.30 bits per heavy atom. The number of nitrogens with zero attached hydrogens (tertiary/aromatic N) is 1. The smallest absolute Gasteiger partial charge is 0.337 e. The van der Waals surface area contributed by atoms with Gasteiger partial charge >= 0.3 is 5.97 Å². The molecule has 1 aromatic carbocycles. The third-order valence-corrected chi connectivity index (χ3v) is 4.80. The number of hydrogen-bond acceptors (Lipinski definition) is 4. The van der Waals surface area contributed by atoms with E-state index in [9.17, 15) is 13.2 Å². The fourth-order valence-corrected chi connectivity index (χ4v) is 3.79. The number of halogens is 1. The van der Waals surface area contributed by atoms with Crippen LogP contribution < -0.4 is 0 Å². The van der Waals surface area contributed by atoms with E-state index in [0.717, 1.165) is 0 Å². The molecule has 0 aliphatic rings. The summed E-state index contributed by atoms with van der Waals surface area (Å²) in [5.41, 5.74) is 0.265. The van der Waals surface area contributed by atoms with Crippen molar-refractivity contribution >= 4 is 31.7 Å². The molecule has 0 saturated carbocycles. The van der Waals surface area contributed by atoms with Crippen molar-refractivity contribution in [2.75, 3.05) is 0 Å². The van der Waals surface area contributed by atoms with Gasteiger partial charge in [0, 0.05) is 16.9 Å². The van der Waals surface area contributed by atoms with E-state index in [1.165, 1.54) is 30.6 Å². The molecule has 7 heteroatoms. The molecule has 0 aliphatic carbocycles. The molecular formula is C13H10BrNO4S. The molecule has 0 fully saturated rings. The van der Waals surface area contributed by atoms with Gasteiger partial charge in [0.05, 0.1) is 16.2 Å². The van der Waals surface area contributed by atoms with Gasteiger partial charge in [0.15, 0.2) is 9.84 Å². The van der Waals surface area contributed by atoms with E-state index in [1.807, 2.05) is 0 Å². The first-order valence-corrected chi connectivity index (χ1v) is 7.99. The van der Waals surface area contributed by atoms with Crippen molar-refractivity contribution in [2.24, 2.45) is 0 Å². The summed E-state index contributed by atoms with van der Waals surface area (Å²) in [6, 6.07) is 7.32. The Hall–Kier alpha value is -1.73. The Morgan fingerprint density at radius 3 is 2.65 bits per heavy atom. The number of carboxylic acids is 1. The molecule has 0 unspecified atom stereocenters. The Morgan fingerprint density at radius 2 is 2.05 bits per heavy atom. The van der Waals surface area contributed by atoms with Gasteiger partial charge in [-0.05, 0) is 29.8 Å². The summed E-state index contributed by atoms with van der Waals surface area (Å²) < 4.78 is 25.2. The number of aromatic carboxylic acids is 1. The summed E-state index contributed by atoms with van der Waals surface area (Å²) >= 11 is 3.15. The summed E-state index contributed by atoms with van der Waals surface area (Å²) in [5, 5.41) is 9.09. The molecule has 2 rings (SSSR count). The largest absolute Gasteiger partial charge is 0.478 e. The van der Waals surface area contributed by atoms with Crippen molar-refractivity contribution in [2.45, 2.75) is 10.6 Å². The van der Waals surface area contributed by atoms with E-state index in [4.69, 9.17) is 5.11 Å². The van der Waals surface area contributed by atoms with Gasteiger partial charge < -0.3 is 5.11 Å². The second-order valence-electron chi connectivity index (χ2n) is 4.07. The topological polar surface area (TPSA) is 84.3 Å². The first kappa shape index (κ1) is 14.7. The minimum atomic E-state index is -3.76. The van der Waals surface area contributed by atoms with Crippen molar-refractivity contribution < 1.29 is 18.3 Å². The highest BCUT2D eigenvalue weighted by Gasteiger charge is 2.23. The first-order chi connectivity index (χ1) is 9.40. The quantitative estimate of drug-likeness (QED) is 0.910. The fourth-order valence-electron chi connectivity index (χ4n) is 1.71. The molecule has 20 heavy (non-hydrogen) atoms. The molecule has 0 amide bonds. The molecule has 1 aromatic heterocycles. The highest BCUT2D eigenvalue weighted by Crippen LogP contribution is 2.24. The lowest BCUT2D eigenvalue weighted by Gasteiger charge is -2.08. The van der Waals surface area contributed by atoms with Crippen LogP contribution in [0.25, 0.3) is 0 Å². The third-order valence-electron chi connectivity index (χ3n) is 2.59. The molecule has 104 valence electrons. The lowest BCUT2D eigenvalue weighted by atomic mass is 10.2. The van der Waals surface area contributed by atoms with E-state index in [0.29, 0.717) is 10.0 Å². The van der Waals surface area contributed by atoms with Crippen molar-refractivity contribution in [3.63, 3.8) is 0 Å². The second kappa shape index (κ2) is 5.72. The summed E-state index contributed by atoms with van der Waals surface area (Å²) in [6.45, 7) is 0. The molecule has 1 heterocycles. The number of aromatic nitrogens is 1. The first-order valence-electron chi connectivity index (χ1n) is 5.54. The lowest BCUT2D eigenvalue weighted by molar-refractivity contribution is 0.0692. The van der Waals surface area contributed by atoms with Crippen LogP contribution in [0.4, 0.5) is 0 Å². The molecule has 0 bridgehead atoms. The number of pyridine rings is 1. The van der Waals surface area contributed by atoms with Crippen LogP contribution in [-0.4, -0.2) is 24.5 Å². The zero-order valence-corrected chi connectivity index (χ0v) is 12.6. The average Bonchev–Trinajstić information content (AvgIpc) is 2.39. The normalized spacial score (nSPS) is 11.2. The number of carbonyl (C=O) groups is 1. The molecule has 0 saturated heterocycles. The molecular weight excluding hydrogens is 346 g/mol. The standard InChI is InChI=1S/C13H10BrNO4S/c14-10-3-4-11(13(16)17)12(6-10)20(18,19)8-9-2-1-5-15-7-9/h1-7H,8H2,(H,16,17). The van der Waals surface area contributed by atoms with Gasteiger partial charge in [-0.3, -0.25) is 4.98 Å². The number of hydrogen-bond donors (Lipinski definition) is 1. The van der Waals surface area contributed by atoms with Crippen molar-refractivity contribution in [1.29, 1.82) is 0 Å². The van der Waals surface area contributed by atoms with Gasteiger partial charge in [-0.1, -0.05) is 22.0 Å². The Kier molecular flexibility index (Phi) is 4.20. The van der Waals surface area contributed by atoms with Gasteiger partial charge in [0.25, 0.3) is 0 Å². The predicted octanol–water partition coefficient (Wildman–Crippen LogP) is 2.52. The molecule has 1 N–H and O–H groups in total. The fraction of sp³-hybridized carbons (Fsp3) is 0.0769. The zero-order valence-electron chi connectivity index (χ0n) is 10.2. The van der Waals surface area contributed by atoms with Crippen LogP contribution in [0.15, 0.2) is 52.1 Å². The van der Waals surface area contributed by atoms with Crippen molar-refractivity contribution in [1.82, 2.24) is 4.98 Å². The van der Waals surface area contributed by atoms with Crippen LogP contribution in [0, 0.1) is 0 Å². The van der Waals surface area contributed by atoms with Crippen LogP contribution in [-0.2, 0) is 15.6 Å². The lowest BCUT2D eigenvalue weighted by Crippen LogP contribution is -2.11. The summed E-state index contributed by atoms with van der Waals surface area (Å²) in [4.78, 5) is 14.8. The van der Waals surface area contributed by atoms with Crippen LogP contribution >= 0.6 is 15.9 Å². The third kappa shape index (κ3) is 3.23. The number of carboxylic acid groups (broad SMARTS) is 1. The molecule has 0 spiro atoms. The van der Waals surface area contributed by atoms with Crippen LogP contribution in [0.3, 0.4) is 0 Å². The van der Waals surface area contributed by atoms with Gasteiger partial charge in [-0.15, -0.1) is 0 Å². The van der Waals surface area contributed by atoms with E-state index in [1.54, 1.807) is 12.1 Å². The predicted molar refractivity (Wildman–Crippen MR) is 76.2 cm³/mol. The van der Waals surface area contributed by atoms with Gasteiger partial charge in [-0.25, -0.2) is 13.2 Å². The van der Waals surface area contributed by atoms with Crippen molar-refractivity contribution in [3.8, 4) is 0 Å². The van der Waals surface area contributed by atoms with Gasteiger partial charge in [0.2, 0.25) is 0 Å². The molecule has 0 atom stereocenters. The monoisotopic (exact) mass is 355 g/mol. The van der Waals surface area contributed by atoms with Crippen LogP contribution in [0.2, 0.25) is 0 Å². The van der Waals surface area contributed by atoms with E-state index in [2.05, 4.69) is 20.9 Å². The maximum absolute atomic E-state index is 12.4. The van der Waals surface area contributed by atoms with Crippen LogP contribution in [0.1, 0.15) is 15.9 Å². The minimum Gasteiger partial charge on any atom is -0.478 e. The Labute approximate surface area is 124 Å². The second-order valence-corrected chi connectivity index (χ2v) is 6.94. The summed E-state index contributed by atoms with van der Waals surface area (Å²) in [6.07, 6.45) is 2.98. The average molecular weight is 356 g/mol. The van der Waals surface area contributed by atoms with Gasteiger partial charge in [0.1, 0.15) is 0 Å². The molecule has 2 aromatic rings. The SMILES string of the molecule is O=C(O)c1ccc(Br)cc1S(=O)(=O)Cc1cccnc1. The molecule has 5 nitrogen and oxygen atoms in total. The highest BCUT2D eigenvalue weighted by molar-refractivity contribution is 9.10. The summed E-state index contributed by atoms with van der Waals surface area (Å²) in [5.74, 6) is -1.57. The number of benzene rings is 1. The number of sulfone groups is 1. The zero-order chi connectivity index (χ0) is 14.8. The maximum atomic E-state index is 12.4. The van der Waals surface area contributed by atoms with E-state index < -0.39 is 15.8 Å². The van der Waals surface area contributed by atoms with E-state index in [-0.39, 0.29) is 16.2 Å². The maximum Gasteiger partial charge on any atom is 0.337 e. The summed E-state index contributed by atoms with van der Waals surface area (Å²) in [7, 11) is -3.76. The van der Waals surface area contributed by atoms with Gasteiger partial charge in [-0.2, -0.15) is 0 Å².